The van der Waals surface area contributed by atoms with Gasteiger partial charge < -0.3 is 37.9 Å². The molecule has 0 radical (unpaired) electrons. The quantitative estimate of drug-likeness (QED) is 0.124. The molecule has 0 spiro atoms. The van der Waals surface area contributed by atoms with E-state index in [0.717, 1.165) is 30.3 Å². The van der Waals surface area contributed by atoms with Crippen molar-refractivity contribution >= 4 is 26.9 Å². The summed E-state index contributed by atoms with van der Waals surface area (Å²) in [5.41, 5.74) is 0.405. The third kappa shape index (κ3) is 9.07. The largest absolute Gasteiger partial charge is 1.00 e. The van der Waals surface area contributed by atoms with E-state index in [0.29, 0.717) is 6.26 Å². The van der Waals surface area contributed by atoms with Gasteiger partial charge in [0.1, 0.15) is 12.0 Å². The van der Waals surface area contributed by atoms with Gasteiger partial charge in [-0.15, -0.1) is 11.5 Å². The second kappa shape index (κ2) is 13.5. The van der Waals surface area contributed by atoms with Crippen LogP contribution in [0.1, 0.15) is 17.2 Å². The Bertz CT molecular complexity index is 1610. The van der Waals surface area contributed by atoms with E-state index in [4.69, 9.17) is 23.3 Å². The Labute approximate surface area is 272 Å². The molecule has 1 aliphatic heterocycles. The normalized spacial score (nSPS) is 16.4. The predicted octanol–water partition coefficient (Wildman–Crippen LogP) is -4.56. The average Bonchev–Trinajstić information content (AvgIpc) is 2.80. The fourth-order valence-electron chi connectivity index (χ4n) is 3.28. The monoisotopic (exact) mass is 614 g/mol. The van der Waals surface area contributed by atoms with Crippen LogP contribution >= 0.6 is 0 Å². The van der Waals surface area contributed by atoms with E-state index in [9.17, 15) is 32.2 Å². The number of benzene rings is 3. The molecule has 0 saturated carbocycles. The topological polar surface area (TPSA) is 221 Å². The van der Waals surface area contributed by atoms with E-state index >= 15 is 0 Å². The number of rotatable bonds is 8. The van der Waals surface area contributed by atoms with Crippen LogP contribution in [0.4, 0.5) is 0 Å². The van der Waals surface area contributed by atoms with Gasteiger partial charge in [-0.05, 0) is 41.5 Å². The van der Waals surface area contributed by atoms with E-state index in [1.807, 2.05) is 0 Å². The van der Waals surface area contributed by atoms with Gasteiger partial charge >= 0.3 is 79.9 Å². The summed E-state index contributed by atoms with van der Waals surface area (Å²) in [6, 6.07) is 10.7. The minimum Gasteiger partial charge on any atom is -0.873 e. The van der Waals surface area contributed by atoms with Crippen molar-refractivity contribution in [2.24, 2.45) is 0 Å². The van der Waals surface area contributed by atoms with Crippen molar-refractivity contribution < 1.29 is 123 Å². The smallest absolute Gasteiger partial charge is 0.873 e. The maximum atomic E-state index is 12.0. The summed E-state index contributed by atoms with van der Waals surface area (Å²) >= 11 is 0. The summed E-state index contributed by atoms with van der Waals surface area (Å²) in [5.74, 6) is -2.50. The summed E-state index contributed by atoms with van der Waals surface area (Å²) in [4.78, 5) is 0. The molecule has 4 rings (SSSR count). The number of phenols is 1. The molecule has 14 nitrogen and oxygen atoms in total. The van der Waals surface area contributed by atoms with E-state index < -0.39 is 50.4 Å². The molecule has 0 amide bonds. The first-order valence-electron chi connectivity index (χ1n) is 10.2. The predicted molar refractivity (Wildman–Crippen MR) is 122 cm³/mol. The SMILES string of the molecule is O=S(=O)(O)O/C=C/c1ccc(OC2Oc3ccc(OS(=O)(=O)O)cc3OC2c2ccc([O-])c([O-])c2)c(O)c1.[Na+].[Na+]. The Morgan fingerprint density at radius 3 is 2.17 bits per heavy atom. The van der Waals surface area contributed by atoms with Crippen molar-refractivity contribution in [3.05, 3.63) is 72.0 Å². The fourth-order valence-corrected chi connectivity index (χ4v) is 3.83. The molecule has 40 heavy (non-hydrogen) atoms. The second-order valence-electron chi connectivity index (χ2n) is 7.52. The van der Waals surface area contributed by atoms with Gasteiger partial charge in [-0.1, -0.05) is 24.3 Å². The Morgan fingerprint density at radius 2 is 1.55 bits per heavy atom. The summed E-state index contributed by atoms with van der Waals surface area (Å²) in [7, 11) is -9.54. The first kappa shape index (κ1) is 33.8. The number of hydrogen-bond acceptors (Lipinski definition) is 12. The van der Waals surface area contributed by atoms with Crippen LogP contribution in [0.25, 0.3) is 6.08 Å². The van der Waals surface area contributed by atoms with Gasteiger partial charge in [0.2, 0.25) is 0 Å². The van der Waals surface area contributed by atoms with E-state index in [1.165, 1.54) is 30.3 Å². The van der Waals surface area contributed by atoms with Gasteiger partial charge in [0, 0.05) is 6.07 Å². The number of phenolic OH excluding ortho intramolecular Hbond substituents is 1. The van der Waals surface area contributed by atoms with Crippen LogP contribution in [-0.4, -0.2) is 37.3 Å². The van der Waals surface area contributed by atoms with E-state index in [-0.39, 0.29) is 93.2 Å². The molecule has 202 valence electrons. The average molecular weight is 614 g/mol. The van der Waals surface area contributed by atoms with Crippen molar-refractivity contribution in [1.82, 2.24) is 0 Å². The van der Waals surface area contributed by atoms with Gasteiger partial charge in [-0.25, -0.2) is 0 Å². The van der Waals surface area contributed by atoms with Crippen LogP contribution in [-0.2, 0) is 25.0 Å². The molecule has 0 bridgehead atoms. The van der Waals surface area contributed by atoms with Crippen LogP contribution in [0.5, 0.6) is 40.2 Å². The zero-order valence-corrected chi connectivity index (χ0v) is 26.3. The van der Waals surface area contributed by atoms with Crippen molar-refractivity contribution in [2.45, 2.75) is 12.4 Å². The van der Waals surface area contributed by atoms with Gasteiger partial charge in [0.15, 0.2) is 29.1 Å². The van der Waals surface area contributed by atoms with Crippen LogP contribution in [0.2, 0.25) is 0 Å². The van der Waals surface area contributed by atoms with Crippen molar-refractivity contribution in [3.63, 3.8) is 0 Å². The fraction of sp³-hybridized carbons (Fsp3) is 0.0909. The molecular weight excluding hydrogens is 598 g/mol. The molecule has 0 saturated heterocycles. The minimum atomic E-state index is -4.83. The molecule has 1 heterocycles. The number of hydrogen-bond donors (Lipinski definition) is 3. The molecule has 0 fully saturated rings. The molecule has 1 aliphatic rings. The molecule has 3 N–H and O–H groups in total. The number of ether oxygens (including phenoxy) is 3. The van der Waals surface area contributed by atoms with Crippen LogP contribution in [0.3, 0.4) is 0 Å². The summed E-state index contributed by atoms with van der Waals surface area (Å²) in [6.07, 6.45) is -0.777. The molecule has 3 aromatic rings. The Kier molecular flexibility index (Phi) is 11.4. The summed E-state index contributed by atoms with van der Waals surface area (Å²) < 4.78 is 86.8. The molecule has 0 aliphatic carbocycles. The van der Waals surface area contributed by atoms with Crippen molar-refractivity contribution in [1.29, 1.82) is 0 Å². The zero-order chi connectivity index (χ0) is 27.7. The van der Waals surface area contributed by atoms with Gasteiger partial charge in [0.05, 0.1) is 0 Å². The van der Waals surface area contributed by atoms with Crippen LogP contribution in [0, 0.1) is 0 Å². The second-order valence-corrected chi connectivity index (χ2v) is 9.59. The maximum Gasteiger partial charge on any atom is 1.00 e. The van der Waals surface area contributed by atoms with Gasteiger partial charge in [0.25, 0.3) is 6.29 Å². The standard InChI is InChI=1S/C22H18O14S2.2Na/c23-15-4-2-13(10-16(15)24)21-22(35-19-6-3-14(11-20(19)33-21)36-38(29,30)31)34-18-5-1-12(9-17(18)25)7-8-32-37(26,27)28;;/h1-11,21-25H,(H,26,27,28)(H,29,30,31);;/q;2*+1/p-2/b8-7+;;. The third-order valence-electron chi connectivity index (χ3n) is 4.82. The molecular formula is C22H16Na2O14S2. The van der Waals surface area contributed by atoms with E-state index in [1.54, 1.807) is 0 Å². The van der Waals surface area contributed by atoms with Gasteiger partial charge in [-0.3, -0.25) is 9.11 Å². The molecule has 2 unspecified atom stereocenters. The Balaban J connectivity index is 0.00000280. The molecule has 18 heteroatoms. The van der Waals surface area contributed by atoms with Crippen LogP contribution < -0.4 is 87.7 Å². The Morgan fingerprint density at radius 1 is 0.825 bits per heavy atom. The first-order valence-corrected chi connectivity index (χ1v) is 12.9. The summed E-state index contributed by atoms with van der Waals surface area (Å²) in [5, 5.41) is 34.0. The van der Waals surface area contributed by atoms with Gasteiger partial charge in [-0.2, -0.15) is 16.8 Å². The molecule has 3 aromatic carbocycles. The third-order valence-corrected chi connectivity index (χ3v) is 5.58. The summed E-state index contributed by atoms with van der Waals surface area (Å²) in [6.45, 7) is 0. The number of aromatic hydroxyl groups is 1. The Hall–Kier alpha value is -2.38. The van der Waals surface area contributed by atoms with E-state index in [2.05, 4.69) is 8.37 Å². The van der Waals surface area contributed by atoms with Crippen LogP contribution in [0.15, 0.2) is 60.9 Å². The first-order chi connectivity index (χ1) is 17.8. The molecule has 2 atom stereocenters. The van der Waals surface area contributed by atoms with Crippen molar-refractivity contribution in [3.8, 4) is 40.2 Å². The zero-order valence-electron chi connectivity index (χ0n) is 20.7. The van der Waals surface area contributed by atoms with Crippen molar-refractivity contribution in [2.75, 3.05) is 0 Å². The number of fused-ring (bicyclic) bond motifs is 1. The molecule has 0 aromatic heterocycles. The minimum absolute atomic E-state index is 0. The maximum absolute atomic E-state index is 12.0.